The van der Waals surface area contributed by atoms with E-state index in [0.29, 0.717) is 17.9 Å². The molecule has 1 aromatic carbocycles. The normalized spacial score (nSPS) is 11.0. The van der Waals surface area contributed by atoms with Gasteiger partial charge in [0.15, 0.2) is 0 Å². The minimum absolute atomic E-state index is 0.190. The quantitative estimate of drug-likeness (QED) is 0.835. The summed E-state index contributed by atoms with van der Waals surface area (Å²) < 4.78 is 11.8. The van der Waals surface area contributed by atoms with Crippen molar-refractivity contribution in [1.82, 2.24) is 0 Å². The van der Waals surface area contributed by atoms with Gasteiger partial charge in [0, 0.05) is 18.0 Å². The fraction of sp³-hybridized carbons (Fsp3) is 0.462. The van der Waals surface area contributed by atoms with E-state index in [0.717, 1.165) is 10.9 Å². The van der Waals surface area contributed by atoms with Gasteiger partial charge in [-0.25, -0.2) is 0 Å². The molecular weight excluding hydrogens is 282 g/mol. The lowest BCUT2D eigenvalue weighted by molar-refractivity contribution is 0.00545. The van der Waals surface area contributed by atoms with E-state index < -0.39 is 0 Å². The van der Waals surface area contributed by atoms with Gasteiger partial charge in [-0.15, -0.1) is 0 Å². The molecule has 3 nitrogen and oxygen atoms in total. The minimum Gasteiger partial charge on any atom is -0.493 e. The van der Waals surface area contributed by atoms with Gasteiger partial charge in [-0.3, -0.25) is 0 Å². The maximum Gasteiger partial charge on any atom is 0.121 e. The molecule has 0 saturated heterocycles. The zero-order valence-corrected chi connectivity index (χ0v) is 11.9. The van der Waals surface area contributed by atoms with Gasteiger partial charge in [-0.1, -0.05) is 15.9 Å². The summed E-state index contributed by atoms with van der Waals surface area (Å²) in [7, 11) is 1.69. The number of benzene rings is 1. The number of methoxy groups -OCH3 is 1. The van der Waals surface area contributed by atoms with Crippen molar-refractivity contribution >= 4 is 15.9 Å². The standard InChI is InChI=1S/C13H16BrNO2/c1-13(2,16-3)4-5-17-12-7-10(9-15)6-11(14)8-12/h6-8H,4-5H2,1-3H3. The van der Waals surface area contributed by atoms with E-state index in [1.165, 1.54) is 0 Å². The van der Waals surface area contributed by atoms with Crippen LogP contribution in [0.15, 0.2) is 22.7 Å². The Morgan fingerprint density at radius 3 is 2.65 bits per heavy atom. The second-order valence-corrected chi connectivity index (χ2v) is 5.27. The smallest absolute Gasteiger partial charge is 0.121 e. The van der Waals surface area contributed by atoms with E-state index in [1.54, 1.807) is 19.2 Å². The Morgan fingerprint density at radius 2 is 2.06 bits per heavy atom. The third-order valence-electron chi connectivity index (χ3n) is 2.53. The van der Waals surface area contributed by atoms with Crippen LogP contribution in [0.4, 0.5) is 0 Å². The molecule has 0 heterocycles. The van der Waals surface area contributed by atoms with Crippen molar-refractivity contribution in [2.45, 2.75) is 25.9 Å². The number of ether oxygens (including phenoxy) is 2. The Hall–Kier alpha value is -1.05. The summed E-state index contributed by atoms with van der Waals surface area (Å²) in [6, 6.07) is 7.42. The fourth-order valence-corrected chi connectivity index (χ4v) is 1.70. The lowest BCUT2D eigenvalue weighted by Gasteiger charge is -2.22. The highest BCUT2D eigenvalue weighted by molar-refractivity contribution is 9.10. The van der Waals surface area contributed by atoms with Crippen LogP contribution in [0.2, 0.25) is 0 Å². The number of halogens is 1. The summed E-state index contributed by atoms with van der Waals surface area (Å²) in [5, 5.41) is 8.83. The Bertz CT molecular complexity index is 424. The Kier molecular flexibility index (Phi) is 4.98. The van der Waals surface area contributed by atoms with Crippen LogP contribution in [0.5, 0.6) is 5.75 Å². The molecule has 0 N–H and O–H groups in total. The molecule has 0 spiro atoms. The third-order valence-corrected chi connectivity index (χ3v) is 2.98. The molecule has 0 aliphatic rings. The molecule has 0 aromatic heterocycles. The van der Waals surface area contributed by atoms with Crippen LogP contribution >= 0.6 is 15.9 Å². The van der Waals surface area contributed by atoms with E-state index in [9.17, 15) is 0 Å². The van der Waals surface area contributed by atoms with Crippen LogP contribution in [-0.4, -0.2) is 19.3 Å². The molecule has 1 aromatic rings. The molecule has 0 unspecified atom stereocenters. The zero-order chi connectivity index (χ0) is 12.9. The van der Waals surface area contributed by atoms with E-state index in [1.807, 2.05) is 19.9 Å². The molecule has 0 saturated carbocycles. The SMILES string of the molecule is COC(C)(C)CCOc1cc(Br)cc(C#N)c1. The highest BCUT2D eigenvalue weighted by Gasteiger charge is 2.16. The van der Waals surface area contributed by atoms with Gasteiger partial charge in [0.25, 0.3) is 0 Å². The molecular formula is C13H16BrNO2. The first-order valence-corrected chi connectivity index (χ1v) is 6.15. The number of rotatable bonds is 5. The summed E-state index contributed by atoms with van der Waals surface area (Å²) in [4.78, 5) is 0. The van der Waals surface area contributed by atoms with Crippen molar-refractivity contribution in [3.8, 4) is 11.8 Å². The van der Waals surface area contributed by atoms with Crippen LogP contribution in [-0.2, 0) is 4.74 Å². The molecule has 0 aliphatic heterocycles. The summed E-state index contributed by atoms with van der Waals surface area (Å²) in [6.07, 6.45) is 0.790. The highest BCUT2D eigenvalue weighted by Crippen LogP contribution is 2.22. The lowest BCUT2D eigenvalue weighted by atomic mass is 10.1. The Morgan fingerprint density at radius 1 is 1.35 bits per heavy atom. The zero-order valence-electron chi connectivity index (χ0n) is 10.3. The molecule has 0 radical (unpaired) electrons. The Labute approximate surface area is 110 Å². The number of hydrogen-bond acceptors (Lipinski definition) is 3. The number of nitrogens with zero attached hydrogens (tertiary/aromatic N) is 1. The molecule has 4 heteroatoms. The predicted molar refractivity (Wildman–Crippen MR) is 70.1 cm³/mol. The molecule has 92 valence electrons. The molecule has 0 amide bonds. The van der Waals surface area contributed by atoms with Crippen LogP contribution in [0.1, 0.15) is 25.8 Å². The monoisotopic (exact) mass is 297 g/mol. The number of nitriles is 1. The minimum atomic E-state index is -0.190. The van der Waals surface area contributed by atoms with Crippen LogP contribution < -0.4 is 4.74 Å². The van der Waals surface area contributed by atoms with Crippen LogP contribution in [0, 0.1) is 11.3 Å². The van der Waals surface area contributed by atoms with Gasteiger partial charge in [0.05, 0.1) is 23.8 Å². The van der Waals surface area contributed by atoms with Crippen LogP contribution in [0.25, 0.3) is 0 Å². The summed E-state index contributed by atoms with van der Waals surface area (Å²) in [5.74, 6) is 0.697. The second kappa shape index (κ2) is 6.04. The van der Waals surface area contributed by atoms with Crippen molar-refractivity contribution in [3.63, 3.8) is 0 Å². The maximum absolute atomic E-state index is 8.83. The molecule has 1 rings (SSSR count). The average molecular weight is 298 g/mol. The predicted octanol–water partition coefficient (Wildman–Crippen LogP) is 3.51. The van der Waals surface area contributed by atoms with E-state index in [4.69, 9.17) is 14.7 Å². The van der Waals surface area contributed by atoms with E-state index >= 15 is 0 Å². The molecule has 17 heavy (non-hydrogen) atoms. The maximum atomic E-state index is 8.83. The van der Waals surface area contributed by atoms with Gasteiger partial charge < -0.3 is 9.47 Å². The molecule has 0 atom stereocenters. The topological polar surface area (TPSA) is 42.2 Å². The Balaban J connectivity index is 2.58. The van der Waals surface area contributed by atoms with Gasteiger partial charge >= 0.3 is 0 Å². The van der Waals surface area contributed by atoms with Gasteiger partial charge in [0.2, 0.25) is 0 Å². The molecule has 0 bridgehead atoms. The van der Waals surface area contributed by atoms with Gasteiger partial charge in [-0.2, -0.15) is 5.26 Å². The van der Waals surface area contributed by atoms with Crippen molar-refractivity contribution in [1.29, 1.82) is 5.26 Å². The fourth-order valence-electron chi connectivity index (χ4n) is 1.23. The van der Waals surface area contributed by atoms with Gasteiger partial charge in [-0.05, 0) is 32.0 Å². The first-order chi connectivity index (χ1) is 7.96. The molecule has 0 aliphatic carbocycles. The van der Waals surface area contributed by atoms with E-state index in [-0.39, 0.29) is 5.60 Å². The van der Waals surface area contributed by atoms with Crippen molar-refractivity contribution in [2.24, 2.45) is 0 Å². The third kappa shape index (κ3) is 4.76. The molecule has 0 fully saturated rings. The lowest BCUT2D eigenvalue weighted by Crippen LogP contribution is -2.25. The van der Waals surface area contributed by atoms with Crippen molar-refractivity contribution in [2.75, 3.05) is 13.7 Å². The van der Waals surface area contributed by atoms with Crippen molar-refractivity contribution in [3.05, 3.63) is 28.2 Å². The van der Waals surface area contributed by atoms with Gasteiger partial charge in [0.1, 0.15) is 5.75 Å². The first-order valence-electron chi connectivity index (χ1n) is 5.35. The summed E-state index contributed by atoms with van der Waals surface area (Å²) in [6.45, 7) is 4.58. The second-order valence-electron chi connectivity index (χ2n) is 4.35. The van der Waals surface area contributed by atoms with E-state index in [2.05, 4.69) is 22.0 Å². The average Bonchev–Trinajstić information content (AvgIpc) is 2.28. The van der Waals surface area contributed by atoms with Crippen LogP contribution in [0.3, 0.4) is 0 Å². The highest BCUT2D eigenvalue weighted by atomic mass is 79.9. The first kappa shape index (κ1) is 14.0. The largest absolute Gasteiger partial charge is 0.493 e. The summed E-state index contributed by atoms with van der Waals surface area (Å²) in [5.41, 5.74) is 0.393. The number of hydrogen-bond donors (Lipinski definition) is 0. The summed E-state index contributed by atoms with van der Waals surface area (Å²) >= 11 is 3.34. The van der Waals surface area contributed by atoms with Crippen molar-refractivity contribution < 1.29 is 9.47 Å².